The van der Waals surface area contributed by atoms with Crippen LogP contribution in [-0.2, 0) is 4.79 Å². The van der Waals surface area contributed by atoms with Gasteiger partial charge < -0.3 is 20.1 Å². The zero-order chi connectivity index (χ0) is 20.1. The minimum absolute atomic E-state index is 0.103. The lowest BCUT2D eigenvalue weighted by atomic mass is 9.70. The number of aliphatic hydroxyl groups is 2. The molecule has 0 bridgehead atoms. The van der Waals surface area contributed by atoms with Crippen LogP contribution < -0.4 is 0 Å². The molecule has 2 saturated carbocycles. The van der Waals surface area contributed by atoms with Gasteiger partial charge in [-0.3, -0.25) is 4.79 Å². The van der Waals surface area contributed by atoms with Crippen molar-refractivity contribution < 1.29 is 15.0 Å². The number of rotatable bonds is 4. The Kier molecular flexibility index (Phi) is 4.91. The second-order valence-corrected chi connectivity index (χ2v) is 9.42. The van der Waals surface area contributed by atoms with E-state index in [4.69, 9.17) is 0 Å². The van der Waals surface area contributed by atoms with Gasteiger partial charge in [0.1, 0.15) is 0 Å². The van der Waals surface area contributed by atoms with Crippen LogP contribution in [0.15, 0.2) is 24.4 Å². The van der Waals surface area contributed by atoms with Crippen molar-refractivity contribution in [3.63, 3.8) is 0 Å². The van der Waals surface area contributed by atoms with Gasteiger partial charge >= 0.3 is 0 Å². The minimum Gasteiger partial charge on any atom is -0.368 e. The van der Waals surface area contributed by atoms with Crippen LogP contribution in [0.4, 0.5) is 0 Å². The summed E-state index contributed by atoms with van der Waals surface area (Å²) in [5, 5.41) is 21.0. The number of hydrogen-bond acceptors (Lipinski definition) is 3. The van der Waals surface area contributed by atoms with E-state index < -0.39 is 6.29 Å². The third-order valence-electron chi connectivity index (χ3n) is 7.71. The molecule has 1 amide bonds. The van der Waals surface area contributed by atoms with Crippen LogP contribution in [0, 0.1) is 11.8 Å². The van der Waals surface area contributed by atoms with Crippen LogP contribution in [0.3, 0.4) is 0 Å². The Morgan fingerprint density at radius 1 is 1.14 bits per heavy atom. The van der Waals surface area contributed by atoms with Gasteiger partial charge in [0.2, 0.25) is 5.91 Å². The summed E-state index contributed by atoms with van der Waals surface area (Å²) in [5.41, 5.74) is 3.63. The van der Waals surface area contributed by atoms with E-state index in [1.165, 1.54) is 23.8 Å². The van der Waals surface area contributed by atoms with Crippen LogP contribution in [0.2, 0.25) is 0 Å². The molecule has 3 aliphatic rings. The van der Waals surface area contributed by atoms with Crippen molar-refractivity contribution in [1.29, 1.82) is 0 Å². The van der Waals surface area contributed by atoms with E-state index in [1.807, 2.05) is 13.1 Å². The quantitative estimate of drug-likeness (QED) is 0.687. The zero-order valence-electron chi connectivity index (χ0n) is 17.2. The molecule has 3 fully saturated rings. The summed E-state index contributed by atoms with van der Waals surface area (Å²) in [5.74, 6) is 0.744. The summed E-state index contributed by atoms with van der Waals surface area (Å²) in [6.45, 7) is 2.83. The van der Waals surface area contributed by atoms with Crippen molar-refractivity contribution >= 4 is 16.8 Å². The van der Waals surface area contributed by atoms with E-state index in [0.29, 0.717) is 5.92 Å². The van der Waals surface area contributed by atoms with E-state index >= 15 is 0 Å². The Hall–Kier alpha value is -1.85. The first-order valence-corrected chi connectivity index (χ1v) is 11.3. The normalized spacial score (nSPS) is 28.6. The van der Waals surface area contributed by atoms with E-state index in [2.05, 4.69) is 28.1 Å². The van der Waals surface area contributed by atoms with E-state index in [-0.39, 0.29) is 29.7 Å². The van der Waals surface area contributed by atoms with Crippen LogP contribution in [-0.4, -0.2) is 44.9 Å². The topological polar surface area (TPSA) is 76.6 Å². The Morgan fingerprint density at radius 2 is 1.97 bits per heavy atom. The van der Waals surface area contributed by atoms with Crippen LogP contribution in [0.25, 0.3) is 10.9 Å². The predicted octanol–water partition coefficient (Wildman–Crippen LogP) is 3.87. The Bertz CT molecular complexity index is 901. The summed E-state index contributed by atoms with van der Waals surface area (Å²) in [4.78, 5) is 19.1. The van der Waals surface area contributed by atoms with Gasteiger partial charge in [0, 0.05) is 35.6 Å². The summed E-state index contributed by atoms with van der Waals surface area (Å²) >= 11 is 0. The molecule has 0 radical (unpaired) electrons. The molecule has 0 spiro atoms. The molecule has 2 aliphatic carbocycles. The molecule has 3 N–H and O–H groups in total. The van der Waals surface area contributed by atoms with Gasteiger partial charge in [-0.1, -0.05) is 18.6 Å². The lowest BCUT2D eigenvalue weighted by molar-refractivity contribution is -0.152. The van der Waals surface area contributed by atoms with Gasteiger partial charge in [-0.2, -0.15) is 0 Å². The molecule has 29 heavy (non-hydrogen) atoms. The van der Waals surface area contributed by atoms with Crippen molar-refractivity contribution in [2.24, 2.45) is 11.8 Å². The largest absolute Gasteiger partial charge is 0.368 e. The molecule has 1 aromatic heterocycles. The third-order valence-corrected chi connectivity index (χ3v) is 7.71. The second-order valence-electron chi connectivity index (χ2n) is 9.42. The fraction of sp³-hybridized carbons (Fsp3) is 0.625. The van der Waals surface area contributed by atoms with E-state index in [9.17, 15) is 15.0 Å². The number of carbonyl (C=O) groups excluding carboxylic acids is 1. The molecule has 4 atom stereocenters. The zero-order valence-corrected chi connectivity index (χ0v) is 17.2. The van der Waals surface area contributed by atoms with Gasteiger partial charge in [0.15, 0.2) is 6.29 Å². The molecule has 4 unspecified atom stereocenters. The molecular weight excluding hydrogens is 364 g/mol. The van der Waals surface area contributed by atoms with Crippen molar-refractivity contribution in [3.8, 4) is 0 Å². The van der Waals surface area contributed by atoms with Gasteiger partial charge in [0.05, 0.1) is 5.92 Å². The number of nitrogens with zero attached hydrogens (tertiary/aromatic N) is 1. The number of fused-ring (bicyclic) bond motifs is 2. The van der Waals surface area contributed by atoms with Gasteiger partial charge in [-0.15, -0.1) is 0 Å². The number of likely N-dealkylation sites (tertiary alicyclic amines) is 1. The lowest BCUT2D eigenvalue weighted by Crippen LogP contribution is -2.54. The highest BCUT2D eigenvalue weighted by molar-refractivity contribution is 5.94. The van der Waals surface area contributed by atoms with Gasteiger partial charge in [-0.05, 0) is 74.5 Å². The summed E-state index contributed by atoms with van der Waals surface area (Å²) < 4.78 is 0. The molecule has 2 aromatic rings. The number of aromatic amines is 1. The maximum Gasteiger partial charge on any atom is 0.230 e. The average molecular weight is 397 g/mol. The lowest BCUT2D eigenvalue weighted by Gasteiger charge is -2.48. The summed E-state index contributed by atoms with van der Waals surface area (Å²) in [7, 11) is 0. The number of aliphatic hydroxyl groups excluding tert-OH is 1. The van der Waals surface area contributed by atoms with Crippen molar-refractivity contribution in [1.82, 2.24) is 9.88 Å². The van der Waals surface area contributed by atoms with Crippen LogP contribution >= 0.6 is 0 Å². The Morgan fingerprint density at radius 3 is 2.72 bits per heavy atom. The monoisotopic (exact) mass is 396 g/mol. The first-order valence-electron chi connectivity index (χ1n) is 11.3. The number of piperidine rings is 1. The number of hydrogen-bond donors (Lipinski definition) is 3. The molecule has 5 nitrogen and oxygen atoms in total. The standard InChI is InChI=1S/C24H32N2O3/c1-14(19-13-25-20-8-2-5-16(22(19)20)15-10-11-15)23(27)26-12-4-7-17-18(24(28)29)6-3-9-21(17)26/h2,5,8,13-15,17-18,21,24-25,28-29H,3-4,6-7,9-12H2,1H3. The second kappa shape index (κ2) is 7.44. The molecule has 5 heteroatoms. The summed E-state index contributed by atoms with van der Waals surface area (Å²) in [6, 6.07) is 6.58. The SMILES string of the molecule is CC(C(=O)N1CCCC2C(C(O)O)CCCC21)c1c[nH]c2cccc(C3CC3)c12. The smallest absolute Gasteiger partial charge is 0.230 e. The molecule has 1 aliphatic heterocycles. The molecule has 1 saturated heterocycles. The number of aromatic nitrogens is 1. The number of H-pyrrole nitrogens is 1. The van der Waals surface area contributed by atoms with E-state index in [1.54, 1.807) is 0 Å². The highest BCUT2D eigenvalue weighted by Crippen LogP contribution is 2.46. The molecule has 1 aromatic carbocycles. The van der Waals surface area contributed by atoms with Crippen LogP contribution in [0.5, 0.6) is 0 Å². The fourth-order valence-electron chi connectivity index (χ4n) is 6.07. The summed E-state index contributed by atoms with van der Waals surface area (Å²) in [6.07, 6.45) is 7.97. The number of nitrogens with one attached hydrogen (secondary N) is 1. The fourth-order valence-corrected chi connectivity index (χ4v) is 6.07. The Balaban J connectivity index is 1.44. The van der Waals surface area contributed by atoms with E-state index in [0.717, 1.165) is 49.7 Å². The highest BCUT2D eigenvalue weighted by atomic mass is 16.5. The predicted molar refractivity (Wildman–Crippen MR) is 112 cm³/mol. The minimum atomic E-state index is -1.27. The maximum atomic E-state index is 13.7. The van der Waals surface area contributed by atoms with Gasteiger partial charge in [-0.25, -0.2) is 0 Å². The van der Waals surface area contributed by atoms with Crippen molar-refractivity contribution in [3.05, 3.63) is 35.5 Å². The first-order chi connectivity index (χ1) is 14.1. The average Bonchev–Trinajstić information content (AvgIpc) is 3.49. The Labute approximate surface area is 172 Å². The van der Waals surface area contributed by atoms with Crippen molar-refractivity contribution in [2.45, 2.75) is 76.0 Å². The van der Waals surface area contributed by atoms with Crippen LogP contribution in [0.1, 0.15) is 74.8 Å². The molecular formula is C24H32N2O3. The maximum absolute atomic E-state index is 13.7. The highest BCUT2D eigenvalue weighted by Gasteiger charge is 2.44. The molecule has 5 rings (SSSR count). The first kappa shape index (κ1) is 19.1. The number of amides is 1. The molecule has 2 heterocycles. The van der Waals surface area contributed by atoms with Crippen molar-refractivity contribution in [2.75, 3.05) is 6.54 Å². The number of benzene rings is 1. The number of carbonyl (C=O) groups is 1. The third kappa shape index (κ3) is 3.28. The van der Waals surface area contributed by atoms with Gasteiger partial charge in [0.25, 0.3) is 0 Å². The molecule has 156 valence electrons.